The fraction of sp³-hybridized carbons (Fsp3) is 0.227. The first-order valence-electron chi connectivity index (χ1n) is 8.99. The van der Waals surface area contributed by atoms with E-state index in [1.165, 1.54) is 5.39 Å². The zero-order valence-electron chi connectivity index (χ0n) is 15.1. The second-order valence-electron chi connectivity index (χ2n) is 6.49. The Labute approximate surface area is 157 Å². The van der Waals surface area contributed by atoms with Crippen LogP contribution in [0.3, 0.4) is 0 Å². The highest BCUT2D eigenvalue weighted by Gasteiger charge is 2.14. The summed E-state index contributed by atoms with van der Waals surface area (Å²) >= 11 is 0. The number of benzene rings is 3. The van der Waals surface area contributed by atoms with Gasteiger partial charge >= 0.3 is 0 Å². The van der Waals surface area contributed by atoms with Crippen LogP contribution in [-0.2, 0) is 4.79 Å². The largest absolute Gasteiger partial charge is 0.486 e. The Balaban J connectivity index is 1.35. The zero-order valence-corrected chi connectivity index (χ0v) is 15.1. The third kappa shape index (κ3) is 3.97. The van der Waals surface area contributed by atoms with Crippen molar-refractivity contribution in [3.8, 4) is 17.2 Å². The summed E-state index contributed by atoms with van der Waals surface area (Å²) in [7, 11) is 0. The van der Waals surface area contributed by atoms with Gasteiger partial charge in [0.1, 0.15) is 19.0 Å². The molecule has 1 heterocycles. The van der Waals surface area contributed by atoms with Crippen LogP contribution in [0.25, 0.3) is 10.8 Å². The minimum Gasteiger partial charge on any atom is -0.486 e. The number of amides is 1. The topological polar surface area (TPSA) is 56.8 Å². The summed E-state index contributed by atoms with van der Waals surface area (Å²) < 4.78 is 16.6. The molecule has 0 saturated carbocycles. The van der Waals surface area contributed by atoms with Gasteiger partial charge in [0.2, 0.25) is 0 Å². The number of ether oxygens (including phenoxy) is 3. The van der Waals surface area contributed by atoms with Crippen LogP contribution < -0.4 is 19.5 Å². The number of rotatable bonds is 5. The van der Waals surface area contributed by atoms with Gasteiger partial charge in [-0.15, -0.1) is 0 Å². The molecule has 1 unspecified atom stereocenters. The first-order chi connectivity index (χ1) is 13.2. The standard InChI is InChI=1S/C22H21NO4/c1-15(17-7-6-16-4-2-3-5-18(16)12-17)23-22(24)14-27-19-8-9-20-21(13-19)26-11-10-25-20/h2-9,12-13,15H,10-11,14H2,1H3,(H,23,24). The molecule has 0 radical (unpaired) electrons. The summed E-state index contributed by atoms with van der Waals surface area (Å²) in [6.45, 7) is 2.96. The lowest BCUT2D eigenvalue weighted by atomic mass is 10.0. The van der Waals surface area contributed by atoms with Crippen LogP contribution in [0.2, 0.25) is 0 Å². The number of hydrogen-bond acceptors (Lipinski definition) is 4. The summed E-state index contributed by atoms with van der Waals surface area (Å²) in [5.74, 6) is 1.74. The molecule has 0 aliphatic carbocycles. The van der Waals surface area contributed by atoms with Crippen molar-refractivity contribution in [1.29, 1.82) is 0 Å². The Morgan fingerprint density at radius 3 is 2.63 bits per heavy atom. The maximum absolute atomic E-state index is 12.3. The second kappa shape index (κ2) is 7.58. The molecule has 0 bridgehead atoms. The molecule has 4 rings (SSSR count). The lowest BCUT2D eigenvalue weighted by molar-refractivity contribution is -0.123. The van der Waals surface area contributed by atoms with Crippen molar-refractivity contribution >= 4 is 16.7 Å². The fourth-order valence-corrected chi connectivity index (χ4v) is 3.11. The van der Waals surface area contributed by atoms with Crippen molar-refractivity contribution in [2.24, 2.45) is 0 Å². The molecule has 27 heavy (non-hydrogen) atoms. The van der Waals surface area contributed by atoms with Gasteiger partial charge in [-0.1, -0.05) is 36.4 Å². The molecule has 0 aromatic heterocycles. The minimum atomic E-state index is -0.175. The van der Waals surface area contributed by atoms with E-state index < -0.39 is 0 Å². The van der Waals surface area contributed by atoms with E-state index in [0.717, 1.165) is 10.9 Å². The summed E-state index contributed by atoms with van der Waals surface area (Å²) in [5.41, 5.74) is 1.06. The lowest BCUT2D eigenvalue weighted by Gasteiger charge is -2.19. The number of carbonyl (C=O) groups excluding carboxylic acids is 1. The Morgan fingerprint density at radius 1 is 1.00 bits per heavy atom. The summed E-state index contributed by atoms with van der Waals surface area (Å²) in [6, 6.07) is 19.6. The van der Waals surface area contributed by atoms with Crippen LogP contribution in [-0.4, -0.2) is 25.7 Å². The highest BCUT2D eigenvalue weighted by atomic mass is 16.6. The Kier molecular flexibility index (Phi) is 4.83. The molecule has 3 aromatic carbocycles. The van der Waals surface area contributed by atoms with Gasteiger partial charge < -0.3 is 19.5 Å². The van der Waals surface area contributed by atoms with Crippen molar-refractivity contribution in [2.75, 3.05) is 19.8 Å². The molecule has 0 spiro atoms. The van der Waals surface area contributed by atoms with E-state index in [4.69, 9.17) is 14.2 Å². The number of hydrogen-bond donors (Lipinski definition) is 1. The Bertz CT molecular complexity index is 969. The van der Waals surface area contributed by atoms with Gasteiger partial charge in [-0.25, -0.2) is 0 Å². The van der Waals surface area contributed by atoms with Gasteiger partial charge in [0.15, 0.2) is 18.1 Å². The van der Waals surface area contributed by atoms with Gasteiger partial charge in [-0.2, -0.15) is 0 Å². The average molecular weight is 363 g/mol. The lowest BCUT2D eigenvalue weighted by Crippen LogP contribution is -2.31. The maximum atomic E-state index is 12.3. The van der Waals surface area contributed by atoms with E-state index in [0.29, 0.717) is 30.5 Å². The molecule has 1 amide bonds. The number of carbonyl (C=O) groups is 1. The highest BCUT2D eigenvalue weighted by molar-refractivity contribution is 5.83. The van der Waals surface area contributed by atoms with Crippen molar-refractivity contribution in [3.05, 3.63) is 66.2 Å². The quantitative estimate of drug-likeness (QED) is 0.748. The second-order valence-corrected chi connectivity index (χ2v) is 6.49. The molecule has 138 valence electrons. The maximum Gasteiger partial charge on any atom is 0.258 e. The van der Waals surface area contributed by atoms with Crippen molar-refractivity contribution in [3.63, 3.8) is 0 Å². The molecule has 5 heteroatoms. The van der Waals surface area contributed by atoms with Gasteiger partial charge in [-0.3, -0.25) is 4.79 Å². The fourth-order valence-electron chi connectivity index (χ4n) is 3.11. The monoisotopic (exact) mass is 363 g/mol. The Morgan fingerprint density at radius 2 is 1.78 bits per heavy atom. The molecule has 0 fully saturated rings. The zero-order chi connectivity index (χ0) is 18.6. The van der Waals surface area contributed by atoms with E-state index >= 15 is 0 Å². The number of fused-ring (bicyclic) bond motifs is 2. The molecule has 1 N–H and O–H groups in total. The highest BCUT2D eigenvalue weighted by Crippen LogP contribution is 2.33. The molecule has 1 atom stereocenters. The van der Waals surface area contributed by atoms with Crippen LogP contribution in [0.1, 0.15) is 18.5 Å². The molecule has 0 saturated heterocycles. The third-order valence-corrected chi connectivity index (χ3v) is 4.53. The van der Waals surface area contributed by atoms with E-state index in [-0.39, 0.29) is 18.6 Å². The summed E-state index contributed by atoms with van der Waals surface area (Å²) in [4.78, 5) is 12.3. The van der Waals surface area contributed by atoms with E-state index in [1.54, 1.807) is 18.2 Å². The minimum absolute atomic E-state index is 0.0580. The van der Waals surface area contributed by atoms with E-state index in [9.17, 15) is 4.79 Å². The SMILES string of the molecule is CC(NC(=O)COc1ccc2c(c1)OCCO2)c1ccc2ccccc2c1. The van der Waals surface area contributed by atoms with E-state index in [2.05, 4.69) is 29.6 Å². The molecule has 1 aliphatic heterocycles. The molecule has 5 nitrogen and oxygen atoms in total. The van der Waals surface area contributed by atoms with Crippen molar-refractivity contribution < 1.29 is 19.0 Å². The van der Waals surface area contributed by atoms with Crippen molar-refractivity contribution in [2.45, 2.75) is 13.0 Å². The van der Waals surface area contributed by atoms with E-state index in [1.807, 2.05) is 25.1 Å². The van der Waals surface area contributed by atoms with Crippen molar-refractivity contribution in [1.82, 2.24) is 5.32 Å². The predicted molar refractivity (Wildman–Crippen MR) is 103 cm³/mol. The van der Waals surface area contributed by atoms with Gasteiger partial charge in [-0.05, 0) is 41.5 Å². The van der Waals surface area contributed by atoms with Crippen LogP contribution in [0, 0.1) is 0 Å². The first kappa shape index (κ1) is 17.2. The smallest absolute Gasteiger partial charge is 0.258 e. The normalized spacial score (nSPS) is 13.8. The molecular weight excluding hydrogens is 342 g/mol. The van der Waals surface area contributed by atoms with Crippen LogP contribution in [0.15, 0.2) is 60.7 Å². The average Bonchev–Trinajstić information content (AvgIpc) is 2.71. The van der Waals surface area contributed by atoms with Crippen LogP contribution >= 0.6 is 0 Å². The van der Waals surface area contributed by atoms with Crippen LogP contribution in [0.4, 0.5) is 0 Å². The molecule has 3 aromatic rings. The number of nitrogens with one attached hydrogen (secondary N) is 1. The molecular formula is C22H21NO4. The molecule has 1 aliphatic rings. The van der Waals surface area contributed by atoms with Gasteiger partial charge in [0.05, 0.1) is 6.04 Å². The summed E-state index contributed by atoms with van der Waals surface area (Å²) in [6.07, 6.45) is 0. The summed E-state index contributed by atoms with van der Waals surface area (Å²) in [5, 5.41) is 5.31. The van der Waals surface area contributed by atoms with Crippen LogP contribution in [0.5, 0.6) is 17.2 Å². The van der Waals surface area contributed by atoms with Gasteiger partial charge in [0.25, 0.3) is 5.91 Å². The van der Waals surface area contributed by atoms with Gasteiger partial charge in [0, 0.05) is 6.07 Å². The Hall–Kier alpha value is -3.21. The predicted octanol–water partition coefficient (Wildman–Crippen LogP) is 3.87. The first-order valence-corrected chi connectivity index (χ1v) is 8.99. The third-order valence-electron chi connectivity index (χ3n) is 4.53.